The average Bonchev–Trinajstić information content (AvgIpc) is 2.55. The summed E-state index contributed by atoms with van der Waals surface area (Å²) < 4.78 is 14.3. The normalized spacial score (nSPS) is 15.0. The van der Waals surface area contributed by atoms with E-state index in [9.17, 15) is 14.4 Å². The van der Waals surface area contributed by atoms with Crippen LogP contribution in [0.15, 0.2) is 48.7 Å². The Bertz CT molecular complexity index is 685. The quantitative estimate of drug-likeness (QED) is 0.672. The lowest BCUT2D eigenvalue weighted by atomic mass is 10.1. The number of halogens is 1. The fraction of sp³-hybridized carbons (Fsp3) is 0.250. The molecule has 5 nitrogen and oxygen atoms in total. The zero-order valence-electron chi connectivity index (χ0n) is 12.0. The summed E-state index contributed by atoms with van der Waals surface area (Å²) in [5.41, 5.74) is 0.366. The van der Waals surface area contributed by atoms with Crippen LogP contribution in [-0.4, -0.2) is 42.2 Å². The fourth-order valence-corrected chi connectivity index (χ4v) is 2.62. The van der Waals surface area contributed by atoms with Crippen molar-refractivity contribution in [2.24, 2.45) is 0 Å². The minimum absolute atomic E-state index is 0.163. The third kappa shape index (κ3) is 2.86. The van der Waals surface area contributed by atoms with Gasteiger partial charge < -0.3 is 10.1 Å². The van der Waals surface area contributed by atoms with Gasteiger partial charge in [-0.2, -0.15) is 0 Å². The molecule has 2 heterocycles. The molecule has 1 saturated heterocycles. The topological polar surface area (TPSA) is 47.7 Å². The number of amides is 1. The first-order chi connectivity index (χ1) is 10.6. The summed E-state index contributed by atoms with van der Waals surface area (Å²) in [7, 11) is 0. The number of carbonyl (C=O) groups excluding carboxylic acids is 1. The summed E-state index contributed by atoms with van der Waals surface area (Å²) >= 11 is 0. The number of anilines is 1. The van der Waals surface area contributed by atoms with Crippen LogP contribution in [0.3, 0.4) is 0 Å². The molecule has 1 aliphatic heterocycles. The molecule has 22 heavy (non-hydrogen) atoms. The number of benzene rings is 1. The van der Waals surface area contributed by atoms with E-state index in [-0.39, 0.29) is 5.91 Å². The van der Waals surface area contributed by atoms with Crippen molar-refractivity contribution in [1.82, 2.24) is 4.90 Å². The van der Waals surface area contributed by atoms with E-state index >= 15 is 0 Å². The summed E-state index contributed by atoms with van der Waals surface area (Å²) in [5, 5.41) is 9.80. The van der Waals surface area contributed by atoms with Gasteiger partial charge in [-0.3, -0.25) is 9.69 Å². The minimum atomic E-state index is -0.407. The Morgan fingerprint density at radius 2 is 1.86 bits per heavy atom. The molecule has 1 aromatic heterocycles. The summed E-state index contributed by atoms with van der Waals surface area (Å²) in [4.78, 5) is 16.1. The minimum Gasteiger partial charge on any atom is -0.350 e. The Labute approximate surface area is 127 Å². The smallest absolute Gasteiger partial charge is 0.316 e. The number of aromatic nitrogens is 1. The van der Waals surface area contributed by atoms with Crippen molar-refractivity contribution in [3.63, 3.8) is 0 Å². The van der Waals surface area contributed by atoms with E-state index in [1.165, 1.54) is 18.2 Å². The van der Waals surface area contributed by atoms with Gasteiger partial charge in [0.2, 0.25) is 0 Å². The molecular weight excluding hydrogens is 285 g/mol. The second kappa shape index (κ2) is 6.01. The molecule has 1 aromatic carbocycles. The van der Waals surface area contributed by atoms with Crippen molar-refractivity contribution in [3.8, 4) is 0 Å². The van der Waals surface area contributed by atoms with E-state index < -0.39 is 5.82 Å². The third-order valence-electron chi connectivity index (χ3n) is 3.78. The van der Waals surface area contributed by atoms with Gasteiger partial charge in [-0.25, -0.2) is 4.39 Å². The van der Waals surface area contributed by atoms with Gasteiger partial charge in [0.25, 0.3) is 5.91 Å². The predicted octanol–water partition coefficient (Wildman–Crippen LogP) is 1.31. The van der Waals surface area contributed by atoms with Crippen LogP contribution in [0.5, 0.6) is 0 Å². The Morgan fingerprint density at radius 3 is 2.55 bits per heavy atom. The molecule has 0 aliphatic carbocycles. The molecular formula is C16H17FN3O2+. The van der Waals surface area contributed by atoms with Crippen LogP contribution in [0.4, 0.5) is 10.2 Å². The van der Waals surface area contributed by atoms with Crippen molar-refractivity contribution in [1.29, 1.82) is 0 Å². The second-order valence-corrected chi connectivity index (χ2v) is 5.19. The zero-order chi connectivity index (χ0) is 15.5. The van der Waals surface area contributed by atoms with Gasteiger partial charge in [0, 0.05) is 11.6 Å². The molecule has 1 aliphatic rings. The van der Waals surface area contributed by atoms with Crippen LogP contribution in [-0.2, 0) is 0 Å². The SMILES string of the molecule is O=C(c1cccc(F)c1)N1CCN(c2cccc[n+]2O)CC1. The molecule has 0 spiro atoms. The van der Waals surface area contributed by atoms with Crippen molar-refractivity contribution in [2.75, 3.05) is 31.1 Å². The number of pyridine rings is 1. The average molecular weight is 302 g/mol. The Morgan fingerprint density at radius 1 is 1.09 bits per heavy atom. The summed E-state index contributed by atoms with van der Waals surface area (Å²) in [6, 6.07) is 11.2. The monoisotopic (exact) mass is 302 g/mol. The van der Waals surface area contributed by atoms with Crippen LogP contribution < -0.4 is 9.63 Å². The van der Waals surface area contributed by atoms with Gasteiger partial charge in [-0.1, -0.05) is 16.9 Å². The van der Waals surface area contributed by atoms with E-state index in [0.29, 0.717) is 37.6 Å². The lowest BCUT2D eigenvalue weighted by molar-refractivity contribution is -0.894. The largest absolute Gasteiger partial charge is 0.350 e. The van der Waals surface area contributed by atoms with Gasteiger partial charge in [0.15, 0.2) is 0 Å². The predicted molar refractivity (Wildman–Crippen MR) is 78.3 cm³/mol. The number of hydrogen-bond donors (Lipinski definition) is 1. The highest BCUT2D eigenvalue weighted by Gasteiger charge is 2.28. The summed E-state index contributed by atoms with van der Waals surface area (Å²) in [6.45, 7) is 2.30. The lowest BCUT2D eigenvalue weighted by Gasteiger charge is -2.31. The summed E-state index contributed by atoms with van der Waals surface area (Å²) in [5.74, 6) is 0.125. The number of nitrogens with zero attached hydrogens (tertiary/aromatic N) is 3. The number of piperazine rings is 1. The molecule has 1 fully saturated rings. The fourth-order valence-electron chi connectivity index (χ4n) is 2.62. The van der Waals surface area contributed by atoms with Crippen molar-refractivity contribution in [3.05, 3.63) is 60.0 Å². The standard InChI is InChI=1S/C16H17FN3O2/c17-14-5-3-4-13(12-14)16(21)19-10-8-18(9-11-19)15-6-1-2-7-20(15)22/h1-7,12,22H,8-11H2/q+1. The van der Waals surface area contributed by atoms with E-state index in [1.54, 1.807) is 23.2 Å². The molecule has 0 saturated carbocycles. The maximum absolute atomic E-state index is 13.2. The molecule has 0 bridgehead atoms. The number of carbonyl (C=O) groups is 1. The van der Waals surface area contributed by atoms with E-state index in [4.69, 9.17) is 0 Å². The molecule has 2 aromatic rings. The van der Waals surface area contributed by atoms with E-state index in [1.807, 2.05) is 17.0 Å². The zero-order valence-corrected chi connectivity index (χ0v) is 12.0. The molecule has 114 valence electrons. The first-order valence-electron chi connectivity index (χ1n) is 7.15. The molecule has 0 radical (unpaired) electrons. The van der Waals surface area contributed by atoms with Gasteiger partial charge in [-0.15, -0.1) is 0 Å². The van der Waals surface area contributed by atoms with E-state index in [0.717, 1.165) is 4.73 Å². The van der Waals surface area contributed by atoms with Crippen molar-refractivity contribution < 1.29 is 19.1 Å². The molecule has 1 amide bonds. The van der Waals surface area contributed by atoms with Crippen LogP contribution in [0.1, 0.15) is 10.4 Å². The van der Waals surface area contributed by atoms with Crippen LogP contribution in [0, 0.1) is 5.82 Å². The van der Waals surface area contributed by atoms with Gasteiger partial charge in [0.05, 0.1) is 13.1 Å². The van der Waals surface area contributed by atoms with E-state index in [2.05, 4.69) is 0 Å². The molecule has 0 atom stereocenters. The number of hydrogen-bond acceptors (Lipinski definition) is 3. The van der Waals surface area contributed by atoms with Gasteiger partial charge in [-0.05, 0) is 24.3 Å². The maximum atomic E-state index is 13.2. The van der Waals surface area contributed by atoms with Crippen molar-refractivity contribution in [2.45, 2.75) is 0 Å². The second-order valence-electron chi connectivity index (χ2n) is 5.19. The van der Waals surface area contributed by atoms with Crippen molar-refractivity contribution >= 4 is 11.7 Å². The molecule has 1 N–H and O–H groups in total. The molecule has 0 unspecified atom stereocenters. The Balaban J connectivity index is 1.67. The highest BCUT2D eigenvalue weighted by atomic mass is 19.1. The van der Waals surface area contributed by atoms with Gasteiger partial charge >= 0.3 is 5.82 Å². The Hall–Kier alpha value is -2.63. The third-order valence-corrected chi connectivity index (χ3v) is 3.78. The van der Waals surface area contributed by atoms with Crippen LogP contribution >= 0.6 is 0 Å². The van der Waals surface area contributed by atoms with Crippen LogP contribution in [0.2, 0.25) is 0 Å². The Kier molecular flexibility index (Phi) is 3.91. The molecule has 3 rings (SSSR count). The maximum Gasteiger partial charge on any atom is 0.316 e. The molecule has 6 heteroatoms. The van der Waals surface area contributed by atoms with Gasteiger partial charge in [0.1, 0.15) is 25.1 Å². The highest BCUT2D eigenvalue weighted by Crippen LogP contribution is 2.14. The highest BCUT2D eigenvalue weighted by molar-refractivity contribution is 5.94. The van der Waals surface area contributed by atoms with Crippen LogP contribution in [0.25, 0.3) is 0 Å². The summed E-state index contributed by atoms with van der Waals surface area (Å²) in [6.07, 6.45) is 1.57. The first kappa shape index (κ1) is 14.3. The number of rotatable bonds is 2. The lowest BCUT2D eigenvalue weighted by Crippen LogP contribution is -2.52. The first-order valence-corrected chi connectivity index (χ1v) is 7.15.